The summed E-state index contributed by atoms with van der Waals surface area (Å²) in [5, 5.41) is 0. The van der Waals surface area contributed by atoms with Crippen LogP contribution in [-0.2, 0) is 0 Å². The number of rotatable bonds is 12. The van der Waals surface area contributed by atoms with Gasteiger partial charge in [0, 0.05) is 18.5 Å². The summed E-state index contributed by atoms with van der Waals surface area (Å²) in [7, 11) is 0. The van der Waals surface area contributed by atoms with Gasteiger partial charge in [0.2, 0.25) is 11.7 Å². The van der Waals surface area contributed by atoms with Crippen LogP contribution in [0.3, 0.4) is 0 Å². The lowest BCUT2D eigenvalue weighted by atomic mass is 9.88. The lowest BCUT2D eigenvalue weighted by Gasteiger charge is -2.20. The molecule has 0 aliphatic carbocycles. The normalized spacial score (nSPS) is 16.0. The van der Waals surface area contributed by atoms with E-state index in [1.807, 2.05) is 89.0 Å². The lowest BCUT2D eigenvalue weighted by molar-refractivity contribution is -0.571. The molecule has 0 unspecified atom stereocenters. The summed E-state index contributed by atoms with van der Waals surface area (Å²) in [6.45, 7) is 7.27. The summed E-state index contributed by atoms with van der Waals surface area (Å²) in [6.07, 6.45) is 6.84. The molecule has 4 aromatic heterocycles. The number of aromatic nitrogens is 7. The fourth-order valence-electron chi connectivity index (χ4n) is 11.2. The van der Waals surface area contributed by atoms with Gasteiger partial charge in [-0.2, -0.15) is 0 Å². The summed E-state index contributed by atoms with van der Waals surface area (Å²) in [5.41, 5.74) is -4.83. The van der Waals surface area contributed by atoms with Crippen molar-refractivity contribution < 1.29 is 47.7 Å². The lowest BCUT2D eigenvalue weighted by Crippen LogP contribution is -2.31. The predicted molar refractivity (Wildman–Crippen MR) is 362 cm³/mol. The van der Waals surface area contributed by atoms with Gasteiger partial charge in [-0.1, -0.05) is 199 Å². The highest BCUT2D eigenvalue weighted by atomic mass is 16.5. The minimum absolute atomic E-state index is 0.0211. The number of ether oxygens (including phenoxy) is 1. The molecule has 8 heteroatoms. The van der Waals surface area contributed by atoms with Crippen LogP contribution >= 0.6 is 0 Å². The zero-order valence-electron chi connectivity index (χ0n) is 75.5. The first-order chi connectivity index (χ1) is 55.5. The molecule has 16 rings (SSSR count). The van der Waals surface area contributed by atoms with E-state index in [4.69, 9.17) is 29.8 Å². The first-order valence-electron chi connectivity index (χ1n) is 41.9. The van der Waals surface area contributed by atoms with Crippen LogP contribution in [0, 0.1) is 34.0 Å². The van der Waals surface area contributed by atoms with Crippen molar-refractivity contribution in [2.75, 3.05) is 0 Å². The van der Waals surface area contributed by atoms with Crippen LogP contribution in [0.4, 0.5) is 0 Å². The Morgan fingerprint density at radius 1 is 0.461 bits per heavy atom. The van der Waals surface area contributed by atoms with Gasteiger partial charge >= 0.3 is 0 Å². The van der Waals surface area contributed by atoms with E-state index in [0.29, 0.717) is 23.0 Å². The molecule has 424 valence electrons. The van der Waals surface area contributed by atoms with Crippen molar-refractivity contribution in [1.29, 1.82) is 0 Å². The summed E-state index contributed by atoms with van der Waals surface area (Å²) in [4.78, 5) is 10.2. The Morgan fingerprint density at radius 3 is 1.65 bits per heavy atom. The largest absolute Gasteiger partial charge is 0.458 e. The second-order valence-corrected chi connectivity index (χ2v) is 20.8. The highest BCUT2D eigenvalue weighted by Gasteiger charge is 2.25. The number of benzene rings is 12. The Morgan fingerprint density at radius 2 is 1.01 bits per heavy atom. The quantitative estimate of drug-likeness (QED) is 0.0905. The minimum atomic E-state index is -1.19. The van der Waals surface area contributed by atoms with Crippen molar-refractivity contribution in [1.82, 2.24) is 28.1 Å². The Balaban J connectivity index is 1.03. The number of fused-ring (bicyclic) bond motifs is 6. The van der Waals surface area contributed by atoms with E-state index in [0.717, 1.165) is 43.5 Å². The average molecular weight is 1170 g/mol. The van der Waals surface area contributed by atoms with Crippen LogP contribution in [-0.4, -0.2) is 28.1 Å². The van der Waals surface area contributed by atoms with Crippen LogP contribution in [0.15, 0.2) is 285 Å². The molecule has 0 fully saturated rings. The van der Waals surface area contributed by atoms with Crippen molar-refractivity contribution >= 4 is 38.9 Å². The molecule has 0 aliphatic heterocycles. The zero-order valence-corrected chi connectivity index (χ0v) is 47.5. The summed E-state index contributed by atoms with van der Waals surface area (Å²) in [6, 6.07) is 1.69. The van der Waals surface area contributed by atoms with E-state index in [9.17, 15) is 23.3 Å². The van der Waals surface area contributed by atoms with E-state index in [2.05, 4.69) is 6.33 Å². The van der Waals surface area contributed by atoms with E-state index < -0.39 is 242 Å². The van der Waals surface area contributed by atoms with Crippen molar-refractivity contribution in [3.63, 3.8) is 0 Å². The predicted octanol–water partition coefficient (Wildman–Crippen LogP) is 19.7. The van der Waals surface area contributed by atoms with Crippen molar-refractivity contribution in [2.45, 2.75) is 27.7 Å². The fourth-order valence-corrected chi connectivity index (χ4v) is 11.2. The van der Waals surface area contributed by atoms with Gasteiger partial charge in [-0.15, -0.1) is 0 Å². The van der Waals surface area contributed by atoms with Gasteiger partial charge in [0.25, 0.3) is 6.33 Å². The molecule has 0 amide bonds. The van der Waals surface area contributed by atoms with Crippen molar-refractivity contribution in [3.8, 4) is 101 Å². The Labute approximate surface area is 555 Å². The molecule has 0 bridgehead atoms. The summed E-state index contributed by atoms with van der Waals surface area (Å²) >= 11 is 0. The third-order valence-electron chi connectivity index (χ3n) is 15.2. The number of para-hydroxylation sites is 5. The molecule has 4 heterocycles. The number of imidazole rings is 4. The SMILES string of the molecule is [2H]c1c([2H])c([2H])c(-c2c([2H])c(-c3c([2H])c([2H])c([2H])c([2H])c3[2H])c([2H])c(-c3c([2H])c([2H])c([2H])c(-c4c([2H])c(-c5c([2H])c([2H])c([2H])c([2H])c5[2H])c([2H])c(-c5c([2H])c([2H])c(C)c([2H])c5[2H])c4[2H])c3-[n+]3[c-]n(-c4cccc(Oc5ccc6c(c5)n(-c5nccn5-c5c(C)cccc5C)c5nc7c(C)cccc7n65)c4)c4ccccc43)c2[2H])c([2H])c1[2H]. The first-order valence-corrected chi connectivity index (χ1v) is 27.9. The molecule has 89 heavy (non-hydrogen) atoms. The molecular formula is C81H59N7O. The van der Waals surface area contributed by atoms with Crippen LogP contribution in [0.5, 0.6) is 11.5 Å². The number of hydrogen-bond donors (Lipinski definition) is 0. The summed E-state index contributed by atoms with van der Waals surface area (Å²) < 4.78 is 280. The second-order valence-electron chi connectivity index (χ2n) is 20.8. The zero-order chi connectivity index (χ0) is 84.1. The fraction of sp³-hybridized carbons (Fsp3) is 0.0494. The Kier molecular flexibility index (Phi) is 7.60. The molecule has 12 aromatic carbocycles. The van der Waals surface area contributed by atoms with Crippen LogP contribution in [0.25, 0.3) is 129 Å². The van der Waals surface area contributed by atoms with Gasteiger partial charge in [-0.05, 0) is 184 Å². The molecule has 0 N–H and O–H groups in total. The molecular weight excluding hydrogens is 1090 g/mol. The van der Waals surface area contributed by atoms with Gasteiger partial charge in [0.05, 0.1) is 88.5 Å². The van der Waals surface area contributed by atoms with Gasteiger partial charge in [-0.25, -0.2) is 14.5 Å². The van der Waals surface area contributed by atoms with E-state index in [-0.39, 0.29) is 28.0 Å². The molecule has 16 aromatic rings. The average Bonchev–Trinajstić information content (AvgIpc) is 1.61. The first kappa shape index (κ1) is 31.2. The van der Waals surface area contributed by atoms with Crippen LogP contribution in [0.2, 0.25) is 0 Å². The molecule has 8 nitrogen and oxygen atoms in total. The molecule has 0 atom stereocenters. The van der Waals surface area contributed by atoms with Crippen molar-refractivity contribution in [3.05, 3.63) is 313 Å². The monoisotopic (exact) mass is 1170 g/mol. The highest BCUT2D eigenvalue weighted by Crippen LogP contribution is 2.42. The Bertz CT molecular complexity index is 6600. The van der Waals surface area contributed by atoms with E-state index in [1.165, 1.54) is 23.6 Å². The summed E-state index contributed by atoms with van der Waals surface area (Å²) in [5.74, 6) is 1.58. The second kappa shape index (κ2) is 21.7. The van der Waals surface area contributed by atoms with Gasteiger partial charge in [0.15, 0.2) is 0 Å². The maximum absolute atomic E-state index is 10.5. The van der Waals surface area contributed by atoms with Crippen molar-refractivity contribution in [2.24, 2.45) is 0 Å². The molecule has 0 radical (unpaired) electrons. The topological polar surface area (TPSA) is 58.1 Å². The molecule has 0 saturated heterocycles. The third-order valence-corrected chi connectivity index (χ3v) is 15.2. The molecule has 0 aliphatic rings. The maximum Gasteiger partial charge on any atom is 0.269 e. The number of aryl methyl sites for hydroxylation is 3. The number of hydrogen-bond acceptors (Lipinski definition) is 3. The molecule has 0 saturated carbocycles. The standard InChI is InChI=1S/C81H59N7O/c1-53-36-38-60(39-37-53)64-45-63(59-27-12-7-13-28-59)48-66(49-64)71-32-19-31-70(65-46-61(57-23-8-5-9-24-57)44-62(47-65)58-25-10-6-11-26-58)79(71)86-52-85(72-33-14-15-34-73(72)86)67-29-18-30-68(50-67)89-69-40-41-74-76(51-69)88(81-83-77-54(2)20-17-35-75(77)87(74)81)80-82-42-43-84(80)78-55(3)21-16-22-56(78)4/h5-51H,1-4H3/i5D,6D,7D,8D,9D,10D,11D,12D,13D,19D,23D,24D,25D,26D,27D,28D,31D,32D,36D,37D,38D,39D,44D,45D,46D,47D,48D,49D. The van der Waals surface area contributed by atoms with Gasteiger partial charge in [-0.3, -0.25) is 18.1 Å². The smallest absolute Gasteiger partial charge is 0.269 e. The maximum atomic E-state index is 10.5. The van der Waals surface area contributed by atoms with E-state index in [1.54, 1.807) is 48.7 Å². The number of nitrogens with zero attached hydrogens (tertiary/aromatic N) is 7. The third kappa shape index (κ3) is 9.37. The highest BCUT2D eigenvalue weighted by molar-refractivity contribution is 5.95. The van der Waals surface area contributed by atoms with E-state index >= 15 is 0 Å². The Hall–Kier alpha value is -11.6. The minimum Gasteiger partial charge on any atom is -0.458 e. The van der Waals surface area contributed by atoms with Gasteiger partial charge in [0.1, 0.15) is 11.5 Å². The van der Waals surface area contributed by atoms with Gasteiger partial charge < -0.3 is 4.74 Å². The van der Waals surface area contributed by atoms with Crippen LogP contribution < -0.4 is 9.30 Å². The van der Waals surface area contributed by atoms with Crippen LogP contribution in [0.1, 0.15) is 60.6 Å². The molecule has 0 spiro atoms.